The summed E-state index contributed by atoms with van der Waals surface area (Å²) in [4.78, 5) is 27.1. The first-order valence-electron chi connectivity index (χ1n) is 8.86. The number of nitrogens with one attached hydrogen (secondary N) is 2. The normalized spacial score (nSPS) is 31.3. The van der Waals surface area contributed by atoms with E-state index in [-0.39, 0.29) is 36.0 Å². The van der Waals surface area contributed by atoms with E-state index in [0.717, 1.165) is 32.4 Å². The number of amides is 2. The number of carbonyl (C=O) groups is 2. The molecule has 0 aromatic heterocycles. The van der Waals surface area contributed by atoms with Crippen LogP contribution in [-0.2, 0) is 14.3 Å². The van der Waals surface area contributed by atoms with Crippen LogP contribution in [0.1, 0.15) is 47.0 Å². The minimum Gasteiger partial charge on any atom is -0.373 e. The lowest BCUT2D eigenvalue weighted by atomic mass is 9.98. The van der Waals surface area contributed by atoms with Crippen LogP contribution in [0.4, 0.5) is 0 Å². The minimum atomic E-state index is -0.401. The third-order valence-corrected chi connectivity index (χ3v) is 4.59. The highest BCUT2D eigenvalue weighted by atomic mass is 16.5. The fraction of sp³-hybridized carbons (Fsp3) is 0.882. The van der Waals surface area contributed by atoms with Crippen molar-refractivity contribution in [3.63, 3.8) is 0 Å². The minimum absolute atomic E-state index is 0.0386. The number of rotatable bonds is 4. The molecule has 2 aliphatic heterocycles. The first-order chi connectivity index (χ1) is 10.9. The van der Waals surface area contributed by atoms with Crippen LogP contribution in [0, 0.1) is 5.92 Å². The number of carbonyl (C=O) groups excluding carboxylic acids is 2. The molecule has 0 bridgehead atoms. The van der Waals surface area contributed by atoms with Crippen molar-refractivity contribution in [2.75, 3.05) is 19.6 Å². The van der Waals surface area contributed by atoms with Crippen molar-refractivity contribution < 1.29 is 14.3 Å². The van der Waals surface area contributed by atoms with Gasteiger partial charge in [-0.15, -0.1) is 0 Å². The maximum atomic E-state index is 12.8. The van der Waals surface area contributed by atoms with Gasteiger partial charge in [0.15, 0.2) is 0 Å². The molecule has 0 aliphatic carbocycles. The molecule has 0 aromatic rings. The molecule has 0 radical (unpaired) electrons. The van der Waals surface area contributed by atoms with Crippen LogP contribution in [0.2, 0.25) is 0 Å². The molecule has 2 fully saturated rings. The molecule has 0 aromatic carbocycles. The second-order valence-corrected chi connectivity index (χ2v) is 7.25. The number of hydrogen-bond donors (Lipinski definition) is 2. The van der Waals surface area contributed by atoms with Gasteiger partial charge in [-0.1, -0.05) is 13.8 Å². The standard InChI is InChI=1S/C17H31N3O3/c1-11(2)15(20-9-12(3)23-13(4)10-20)17(22)19-14-7-5-6-8-18-16(14)21/h11-15H,5-10H2,1-4H3,(H,18,21)(H,19,22)/t12-,13+,14-,15+/m1/s1. The van der Waals surface area contributed by atoms with Gasteiger partial charge in [0, 0.05) is 19.6 Å². The Morgan fingerprint density at radius 2 is 1.91 bits per heavy atom. The Morgan fingerprint density at radius 1 is 1.26 bits per heavy atom. The van der Waals surface area contributed by atoms with Gasteiger partial charge in [0.25, 0.3) is 0 Å². The number of nitrogens with zero attached hydrogens (tertiary/aromatic N) is 1. The summed E-state index contributed by atoms with van der Waals surface area (Å²) in [5.41, 5.74) is 0. The SMILES string of the molecule is CC(C)[C@@H](C(=O)N[C@@H]1CCCCNC1=O)N1C[C@@H](C)O[C@@H](C)C1. The zero-order valence-electron chi connectivity index (χ0n) is 14.8. The van der Waals surface area contributed by atoms with Crippen molar-refractivity contribution in [2.45, 2.75) is 71.2 Å². The summed E-state index contributed by atoms with van der Waals surface area (Å²) in [6.07, 6.45) is 2.90. The number of ether oxygens (including phenoxy) is 1. The van der Waals surface area contributed by atoms with Crippen LogP contribution < -0.4 is 10.6 Å². The summed E-state index contributed by atoms with van der Waals surface area (Å²) >= 11 is 0. The molecule has 0 spiro atoms. The molecule has 132 valence electrons. The molecule has 6 heteroatoms. The molecule has 0 saturated carbocycles. The molecule has 2 N–H and O–H groups in total. The van der Waals surface area contributed by atoms with E-state index in [1.165, 1.54) is 0 Å². The van der Waals surface area contributed by atoms with Crippen molar-refractivity contribution in [3.05, 3.63) is 0 Å². The van der Waals surface area contributed by atoms with Gasteiger partial charge >= 0.3 is 0 Å². The van der Waals surface area contributed by atoms with E-state index >= 15 is 0 Å². The first kappa shape index (κ1) is 18.2. The third-order valence-electron chi connectivity index (χ3n) is 4.59. The molecule has 0 unspecified atom stereocenters. The molecule has 23 heavy (non-hydrogen) atoms. The van der Waals surface area contributed by atoms with Crippen LogP contribution in [0.3, 0.4) is 0 Å². The van der Waals surface area contributed by atoms with Crippen LogP contribution in [0.5, 0.6) is 0 Å². The number of hydrogen-bond acceptors (Lipinski definition) is 4. The highest BCUT2D eigenvalue weighted by Gasteiger charge is 2.35. The highest BCUT2D eigenvalue weighted by molar-refractivity contribution is 5.90. The molecule has 2 saturated heterocycles. The Kier molecular flexibility index (Phi) is 6.41. The average molecular weight is 325 g/mol. The summed E-state index contributed by atoms with van der Waals surface area (Å²) < 4.78 is 5.77. The van der Waals surface area contributed by atoms with Gasteiger partial charge in [0.05, 0.1) is 18.2 Å². The largest absolute Gasteiger partial charge is 0.373 e. The Morgan fingerprint density at radius 3 is 2.52 bits per heavy atom. The zero-order valence-corrected chi connectivity index (χ0v) is 14.8. The molecule has 2 aliphatic rings. The maximum Gasteiger partial charge on any atom is 0.242 e. The van der Waals surface area contributed by atoms with Crippen molar-refractivity contribution in [3.8, 4) is 0 Å². The summed E-state index contributed by atoms with van der Waals surface area (Å²) in [5.74, 6) is 0.0896. The maximum absolute atomic E-state index is 12.8. The van der Waals surface area contributed by atoms with E-state index in [1.54, 1.807) is 0 Å². The zero-order chi connectivity index (χ0) is 17.0. The third kappa shape index (κ3) is 4.91. The van der Waals surface area contributed by atoms with Crippen molar-refractivity contribution >= 4 is 11.8 Å². The second kappa shape index (κ2) is 8.11. The van der Waals surface area contributed by atoms with E-state index in [0.29, 0.717) is 6.54 Å². The van der Waals surface area contributed by atoms with E-state index in [1.807, 2.05) is 13.8 Å². The Balaban J connectivity index is 2.04. The highest BCUT2D eigenvalue weighted by Crippen LogP contribution is 2.19. The smallest absolute Gasteiger partial charge is 0.242 e. The fourth-order valence-corrected chi connectivity index (χ4v) is 3.67. The van der Waals surface area contributed by atoms with Crippen molar-refractivity contribution in [2.24, 2.45) is 5.92 Å². The second-order valence-electron chi connectivity index (χ2n) is 7.25. The Labute approximate surface area is 139 Å². The molecule has 2 amide bonds. The van der Waals surface area contributed by atoms with Crippen LogP contribution in [-0.4, -0.2) is 60.6 Å². The van der Waals surface area contributed by atoms with Crippen LogP contribution in [0.15, 0.2) is 0 Å². The Hall–Kier alpha value is -1.14. The molecule has 4 atom stereocenters. The van der Waals surface area contributed by atoms with Gasteiger partial charge < -0.3 is 15.4 Å². The monoisotopic (exact) mass is 325 g/mol. The fourth-order valence-electron chi connectivity index (χ4n) is 3.67. The summed E-state index contributed by atoms with van der Waals surface area (Å²) in [5, 5.41) is 5.86. The summed E-state index contributed by atoms with van der Waals surface area (Å²) in [6.45, 7) is 10.4. The van der Waals surface area contributed by atoms with E-state index in [2.05, 4.69) is 29.4 Å². The van der Waals surface area contributed by atoms with Gasteiger partial charge in [0.1, 0.15) is 6.04 Å². The lowest BCUT2D eigenvalue weighted by molar-refractivity contribution is -0.138. The quantitative estimate of drug-likeness (QED) is 0.806. The molecule has 2 rings (SSSR count). The Bertz CT molecular complexity index is 417. The van der Waals surface area contributed by atoms with Crippen LogP contribution in [0.25, 0.3) is 0 Å². The van der Waals surface area contributed by atoms with E-state index in [9.17, 15) is 9.59 Å². The van der Waals surface area contributed by atoms with Gasteiger partial charge in [0.2, 0.25) is 11.8 Å². The van der Waals surface area contributed by atoms with E-state index in [4.69, 9.17) is 4.74 Å². The molecular formula is C17H31N3O3. The van der Waals surface area contributed by atoms with Gasteiger partial charge in [-0.2, -0.15) is 0 Å². The van der Waals surface area contributed by atoms with E-state index < -0.39 is 6.04 Å². The summed E-state index contributed by atoms with van der Waals surface area (Å²) in [7, 11) is 0. The van der Waals surface area contributed by atoms with Gasteiger partial charge in [-0.05, 0) is 39.0 Å². The molecular weight excluding hydrogens is 294 g/mol. The van der Waals surface area contributed by atoms with Crippen LogP contribution >= 0.6 is 0 Å². The van der Waals surface area contributed by atoms with Crippen molar-refractivity contribution in [1.82, 2.24) is 15.5 Å². The topological polar surface area (TPSA) is 70.7 Å². The lowest BCUT2D eigenvalue weighted by Crippen LogP contribution is -2.59. The predicted molar refractivity (Wildman–Crippen MR) is 89.0 cm³/mol. The van der Waals surface area contributed by atoms with Gasteiger partial charge in [-0.3, -0.25) is 14.5 Å². The number of morpholine rings is 1. The lowest BCUT2D eigenvalue weighted by Gasteiger charge is -2.41. The average Bonchev–Trinajstić information content (AvgIpc) is 2.62. The summed E-state index contributed by atoms with van der Waals surface area (Å²) in [6, 6.07) is -0.623. The predicted octanol–water partition coefficient (Wildman–Crippen LogP) is 0.905. The first-order valence-corrected chi connectivity index (χ1v) is 8.86. The van der Waals surface area contributed by atoms with Gasteiger partial charge in [-0.25, -0.2) is 0 Å². The van der Waals surface area contributed by atoms with Crippen molar-refractivity contribution in [1.29, 1.82) is 0 Å². The molecule has 2 heterocycles. The molecule has 6 nitrogen and oxygen atoms in total.